The smallest absolute Gasteiger partial charge is 0.332 e. The van der Waals surface area contributed by atoms with E-state index in [1.165, 1.54) is 23.3 Å². The maximum absolute atomic E-state index is 11.9. The number of rotatable bonds is 6. The van der Waals surface area contributed by atoms with Gasteiger partial charge in [-0.05, 0) is 43.0 Å². The Kier molecular flexibility index (Phi) is 5.32. The van der Waals surface area contributed by atoms with Gasteiger partial charge in [-0.3, -0.25) is 4.79 Å². The number of carbonyl (C=O) groups excluding carboxylic acids is 1. The number of ether oxygens (including phenoxy) is 1. The number of hydrogen-bond acceptors (Lipinski definition) is 6. The Hall–Kier alpha value is -3.16. The summed E-state index contributed by atoms with van der Waals surface area (Å²) in [5, 5.41) is 23.4. The van der Waals surface area contributed by atoms with Gasteiger partial charge >= 0.3 is 5.97 Å². The van der Waals surface area contributed by atoms with Crippen LogP contribution in [0.5, 0.6) is 5.75 Å². The minimum Gasteiger partial charge on any atom is -0.506 e. The average Bonchev–Trinajstić information content (AvgIpc) is 3.08. The number of H-pyrrole nitrogens is 1. The number of aromatic amines is 1. The molecule has 4 N–H and O–H groups in total. The first-order valence-electron chi connectivity index (χ1n) is 9.85. The van der Waals surface area contributed by atoms with Crippen molar-refractivity contribution in [3.05, 3.63) is 75.6 Å². The Labute approximate surface area is 173 Å². The molecule has 0 radical (unpaired) electrons. The minimum absolute atomic E-state index is 0.0650. The van der Waals surface area contributed by atoms with Crippen LogP contribution >= 0.6 is 0 Å². The third-order valence-electron chi connectivity index (χ3n) is 5.65. The highest BCUT2D eigenvalue weighted by molar-refractivity contribution is 5.87. The number of esters is 1. The van der Waals surface area contributed by atoms with Crippen LogP contribution in [0.4, 0.5) is 0 Å². The van der Waals surface area contributed by atoms with Crippen molar-refractivity contribution >= 4 is 16.9 Å². The maximum atomic E-state index is 11.9. The summed E-state index contributed by atoms with van der Waals surface area (Å²) in [5.74, 6) is -0.808. The number of fused-ring (bicyclic) bond motifs is 2. The summed E-state index contributed by atoms with van der Waals surface area (Å²) in [6.07, 6.45) is 1.00. The summed E-state index contributed by atoms with van der Waals surface area (Å²) in [6.45, 7) is 1.71. The summed E-state index contributed by atoms with van der Waals surface area (Å²) in [5.41, 5.74) is 2.97. The van der Waals surface area contributed by atoms with Crippen LogP contribution in [0.2, 0.25) is 0 Å². The van der Waals surface area contributed by atoms with Crippen molar-refractivity contribution < 1.29 is 19.7 Å². The van der Waals surface area contributed by atoms with Gasteiger partial charge in [0.2, 0.25) is 5.56 Å². The molecule has 1 aliphatic rings. The number of carbonyl (C=O) groups is 1. The van der Waals surface area contributed by atoms with Gasteiger partial charge in [-0.15, -0.1) is 0 Å². The topological polar surface area (TPSA) is 112 Å². The number of aliphatic hydroxyl groups is 1. The molecule has 1 aromatic heterocycles. The molecule has 1 aliphatic carbocycles. The summed E-state index contributed by atoms with van der Waals surface area (Å²) >= 11 is 0. The Morgan fingerprint density at radius 3 is 2.53 bits per heavy atom. The van der Waals surface area contributed by atoms with Crippen LogP contribution in [0, 0.1) is 0 Å². The number of pyridine rings is 1. The van der Waals surface area contributed by atoms with Gasteiger partial charge in [-0.1, -0.05) is 30.3 Å². The second-order valence-corrected chi connectivity index (χ2v) is 7.99. The lowest BCUT2D eigenvalue weighted by Gasteiger charge is -2.29. The van der Waals surface area contributed by atoms with Crippen molar-refractivity contribution in [2.75, 3.05) is 13.2 Å². The third kappa shape index (κ3) is 3.94. The van der Waals surface area contributed by atoms with Gasteiger partial charge in [0.1, 0.15) is 18.5 Å². The Bertz CT molecular complexity index is 1130. The molecule has 7 heteroatoms. The lowest BCUT2D eigenvalue weighted by molar-refractivity contribution is -0.152. The lowest BCUT2D eigenvalue weighted by atomic mass is 9.96. The van der Waals surface area contributed by atoms with Crippen molar-refractivity contribution in [2.24, 2.45) is 0 Å². The summed E-state index contributed by atoms with van der Waals surface area (Å²) < 4.78 is 5.52. The molecule has 0 unspecified atom stereocenters. The Morgan fingerprint density at radius 1 is 1.17 bits per heavy atom. The molecule has 1 heterocycles. The molecule has 0 bridgehead atoms. The van der Waals surface area contributed by atoms with E-state index in [9.17, 15) is 19.8 Å². The van der Waals surface area contributed by atoms with Gasteiger partial charge < -0.3 is 25.3 Å². The van der Waals surface area contributed by atoms with E-state index in [-0.39, 0.29) is 22.4 Å². The van der Waals surface area contributed by atoms with Crippen LogP contribution in [0.25, 0.3) is 10.9 Å². The number of aromatic nitrogens is 1. The van der Waals surface area contributed by atoms with E-state index >= 15 is 0 Å². The van der Waals surface area contributed by atoms with Crippen LogP contribution in [-0.2, 0) is 22.4 Å². The SMILES string of the molecule is CC1(NC[C@H](OC(=O)CO)c2ccc(O)c3[nH]c(=O)ccc23)Cc2ccccc2C1. The number of aromatic hydroxyl groups is 1. The fourth-order valence-corrected chi connectivity index (χ4v) is 4.22. The standard InChI is InChI=1S/C23H24N2O5/c1-23(10-14-4-2-3-5-15(14)11-23)24-12-19(30-21(29)13-26)16-6-8-18(27)22-17(16)7-9-20(28)25-22/h2-9,19,24,26-27H,10-13H2,1H3,(H,25,28)/t19-/m0/s1. The van der Waals surface area contributed by atoms with E-state index in [0.717, 1.165) is 12.8 Å². The van der Waals surface area contributed by atoms with Crippen LogP contribution < -0.4 is 10.9 Å². The van der Waals surface area contributed by atoms with Gasteiger partial charge in [-0.2, -0.15) is 0 Å². The van der Waals surface area contributed by atoms with Crippen LogP contribution in [0.3, 0.4) is 0 Å². The highest BCUT2D eigenvalue weighted by atomic mass is 16.6. The van der Waals surface area contributed by atoms with Crippen molar-refractivity contribution in [2.45, 2.75) is 31.4 Å². The van der Waals surface area contributed by atoms with Crippen LogP contribution in [0.1, 0.15) is 29.7 Å². The molecule has 0 aliphatic heterocycles. The molecule has 0 spiro atoms. The molecular weight excluding hydrogens is 384 g/mol. The highest BCUT2D eigenvalue weighted by Gasteiger charge is 2.33. The van der Waals surface area contributed by atoms with Crippen LogP contribution in [0.15, 0.2) is 53.3 Å². The number of nitrogens with one attached hydrogen (secondary N) is 2. The van der Waals surface area contributed by atoms with E-state index in [0.29, 0.717) is 17.5 Å². The van der Waals surface area contributed by atoms with E-state index in [1.807, 2.05) is 12.1 Å². The van der Waals surface area contributed by atoms with Crippen molar-refractivity contribution in [1.82, 2.24) is 10.3 Å². The zero-order valence-corrected chi connectivity index (χ0v) is 16.6. The predicted molar refractivity (Wildman–Crippen MR) is 112 cm³/mol. The maximum Gasteiger partial charge on any atom is 0.332 e. The average molecular weight is 408 g/mol. The number of phenols is 1. The molecule has 0 saturated heterocycles. The van der Waals surface area contributed by atoms with Crippen molar-refractivity contribution in [1.29, 1.82) is 0 Å². The van der Waals surface area contributed by atoms with Gasteiger partial charge in [0.25, 0.3) is 0 Å². The number of hydrogen-bond donors (Lipinski definition) is 4. The minimum atomic E-state index is -0.743. The third-order valence-corrected chi connectivity index (χ3v) is 5.65. The van der Waals surface area contributed by atoms with E-state index in [4.69, 9.17) is 4.74 Å². The summed E-state index contributed by atoms with van der Waals surface area (Å²) in [6, 6.07) is 14.4. The zero-order valence-electron chi connectivity index (χ0n) is 16.6. The molecular formula is C23H24N2O5. The molecule has 3 aromatic rings. The number of phenolic OH excluding ortho intramolecular Hbond substituents is 1. The monoisotopic (exact) mass is 408 g/mol. The lowest BCUT2D eigenvalue weighted by Crippen LogP contribution is -2.45. The van der Waals surface area contributed by atoms with Gasteiger partial charge in [0.15, 0.2) is 0 Å². The van der Waals surface area contributed by atoms with E-state index in [2.05, 4.69) is 29.4 Å². The number of benzene rings is 2. The molecule has 4 rings (SSSR count). The molecule has 2 aromatic carbocycles. The molecule has 0 saturated carbocycles. The van der Waals surface area contributed by atoms with Gasteiger partial charge in [0.05, 0.1) is 5.52 Å². The summed E-state index contributed by atoms with van der Waals surface area (Å²) in [4.78, 5) is 26.2. The molecule has 30 heavy (non-hydrogen) atoms. The van der Waals surface area contributed by atoms with Gasteiger partial charge in [-0.25, -0.2) is 4.79 Å². The van der Waals surface area contributed by atoms with Crippen molar-refractivity contribution in [3.8, 4) is 5.75 Å². The Balaban J connectivity index is 1.63. The second-order valence-electron chi connectivity index (χ2n) is 7.99. The summed E-state index contributed by atoms with van der Waals surface area (Å²) in [7, 11) is 0. The van der Waals surface area contributed by atoms with E-state index in [1.54, 1.807) is 12.1 Å². The molecule has 0 amide bonds. The Morgan fingerprint density at radius 2 is 1.87 bits per heavy atom. The van der Waals surface area contributed by atoms with Crippen molar-refractivity contribution in [3.63, 3.8) is 0 Å². The largest absolute Gasteiger partial charge is 0.506 e. The van der Waals surface area contributed by atoms with Crippen LogP contribution in [-0.4, -0.2) is 39.9 Å². The highest BCUT2D eigenvalue weighted by Crippen LogP contribution is 2.33. The molecule has 156 valence electrons. The molecule has 0 fully saturated rings. The molecule has 1 atom stereocenters. The fourth-order valence-electron chi connectivity index (χ4n) is 4.22. The first-order valence-corrected chi connectivity index (χ1v) is 9.85. The fraction of sp³-hybridized carbons (Fsp3) is 0.304. The number of aliphatic hydroxyl groups excluding tert-OH is 1. The van der Waals surface area contributed by atoms with E-state index < -0.39 is 18.7 Å². The predicted octanol–water partition coefficient (Wildman–Crippen LogP) is 1.96. The first-order chi connectivity index (χ1) is 14.4. The zero-order chi connectivity index (χ0) is 21.3. The molecule has 7 nitrogen and oxygen atoms in total. The van der Waals surface area contributed by atoms with Gasteiger partial charge in [0, 0.05) is 29.1 Å². The quantitative estimate of drug-likeness (QED) is 0.464. The first kappa shape index (κ1) is 20.1. The second kappa shape index (κ2) is 7.93. The normalized spacial score (nSPS) is 15.7.